The summed E-state index contributed by atoms with van der Waals surface area (Å²) in [6, 6.07) is 5.15. The van der Waals surface area contributed by atoms with Crippen LogP contribution in [0.2, 0.25) is 0 Å². The Morgan fingerprint density at radius 1 is 1.61 bits per heavy atom. The van der Waals surface area contributed by atoms with E-state index < -0.39 is 0 Å². The number of nitrogens with one attached hydrogen (secondary N) is 1. The lowest BCUT2D eigenvalue weighted by Crippen LogP contribution is -2.19. The molecule has 5 heteroatoms. The Balaban J connectivity index is 1.97. The third-order valence-corrected chi connectivity index (χ3v) is 2.94. The zero-order chi connectivity index (χ0) is 13.0. The summed E-state index contributed by atoms with van der Waals surface area (Å²) >= 11 is 0. The summed E-state index contributed by atoms with van der Waals surface area (Å²) in [7, 11) is 1.55. The number of nitrogens with two attached hydrogens (primary N) is 1. The number of amides is 1. The Labute approximate surface area is 106 Å². The second-order valence-corrected chi connectivity index (χ2v) is 4.35. The minimum absolute atomic E-state index is 0.0461. The topological polar surface area (TPSA) is 73.6 Å². The maximum atomic E-state index is 11.8. The average Bonchev–Trinajstić information content (AvgIpc) is 2.84. The Bertz CT molecular complexity index is 428. The van der Waals surface area contributed by atoms with Gasteiger partial charge in [-0.25, -0.2) is 0 Å². The summed E-state index contributed by atoms with van der Waals surface area (Å²) in [5.41, 5.74) is 6.89. The number of rotatable bonds is 4. The monoisotopic (exact) mass is 250 g/mol. The third kappa shape index (κ3) is 3.13. The van der Waals surface area contributed by atoms with Crippen LogP contribution in [0.1, 0.15) is 19.3 Å². The van der Waals surface area contributed by atoms with Crippen molar-refractivity contribution in [1.82, 2.24) is 0 Å². The van der Waals surface area contributed by atoms with Gasteiger partial charge < -0.3 is 20.5 Å². The summed E-state index contributed by atoms with van der Waals surface area (Å²) in [6.45, 7) is 0.753. The first-order valence-corrected chi connectivity index (χ1v) is 6.04. The average molecular weight is 250 g/mol. The normalized spacial score (nSPS) is 18.6. The van der Waals surface area contributed by atoms with E-state index in [0.29, 0.717) is 23.5 Å². The molecule has 3 N–H and O–H groups in total. The van der Waals surface area contributed by atoms with Gasteiger partial charge >= 0.3 is 0 Å². The molecule has 0 aromatic heterocycles. The maximum Gasteiger partial charge on any atom is 0.227 e. The van der Waals surface area contributed by atoms with Gasteiger partial charge in [-0.1, -0.05) is 0 Å². The molecule has 1 aliphatic heterocycles. The molecule has 2 rings (SSSR count). The number of anilines is 2. The van der Waals surface area contributed by atoms with Crippen LogP contribution >= 0.6 is 0 Å². The van der Waals surface area contributed by atoms with Gasteiger partial charge in [-0.15, -0.1) is 0 Å². The summed E-state index contributed by atoms with van der Waals surface area (Å²) in [5, 5.41) is 2.82. The fourth-order valence-electron chi connectivity index (χ4n) is 2.02. The predicted molar refractivity (Wildman–Crippen MR) is 69.6 cm³/mol. The van der Waals surface area contributed by atoms with E-state index in [9.17, 15) is 4.79 Å². The molecule has 0 spiro atoms. The lowest BCUT2D eigenvalue weighted by Gasteiger charge is -2.12. The molecule has 1 aliphatic rings. The van der Waals surface area contributed by atoms with Crippen LogP contribution in [0.4, 0.5) is 11.4 Å². The first-order chi connectivity index (χ1) is 8.69. The Kier molecular flexibility index (Phi) is 4.04. The second kappa shape index (κ2) is 5.73. The molecule has 1 amide bonds. The van der Waals surface area contributed by atoms with Crippen LogP contribution in [0.25, 0.3) is 0 Å². The molecule has 98 valence electrons. The number of hydrogen-bond acceptors (Lipinski definition) is 4. The molecule has 1 fully saturated rings. The van der Waals surface area contributed by atoms with Crippen molar-refractivity contribution in [3.8, 4) is 5.75 Å². The van der Waals surface area contributed by atoms with Gasteiger partial charge in [0.05, 0.1) is 25.3 Å². The number of methoxy groups -OCH3 is 1. The quantitative estimate of drug-likeness (QED) is 0.799. The highest BCUT2D eigenvalue weighted by molar-refractivity contribution is 5.92. The second-order valence-electron chi connectivity index (χ2n) is 4.35. The van der Waals surface area contributed by atoms with E-state index in [1.807, 2.05) is 0 Å². The van der Waals surface area contributed by atoms with E-state index in [2.05, 4.69) is 5.32 Å². The van der Waals surface area contributed by atoms with E-state index in [4.69, 9.17) is 15.2 Å². The van der Waals surface area contributed by atoms with Crippen molar-refractivity contribution in [3.63, 3.8) is 0 Å². The molecule has 0 radical (unpaired) electrons. The standard InChI is InChI=1S/C13H18N2O3/c1-17-12-7-9(14)4-5-11(12)15-13(16)8-10-3-2-6-18-10/h4-5,7,10H,2-3,6,8,14H2,1H3,(H,15,16). The number of carbonyl (C=O) groups excluding carboxylic acids is 1. The number of nitrogen functional groups attached to an aromatic ring is 1. The number of hydrogen-bond donors (Lipinski definition) is 2. The fraction of sp³-hybridized carbons (Fsp3) is 0.462. The van der Waals surface area contributed by atoms with Crippen molar-refractivity contribution in [2.75, 3.05) is 24.8 Å². The number of ether oxygens (including phenoxy) is 2. The van der Waals surface area contributed by atoms with Crippen molar-refractivity contribution < 1.29 is 14.3 Å². The SMILES string of the molecule is COc1cc(N)ccc1NC(=O)CC1CCCO1. The van der Waals surface area contributed by atoms with Gasteiger partial charge in [0.1, 0.15) is 5.75 Å². The van der Waals surface area contributed by atoms with E-state index in [1.165, 1.54) is 0 Å². The Hall–Kier alpha value is -1.75. The lowest BCUT2D eigenvalue weighted by molar-refractivity contribution is -0.118. The van der Waals surface area contributed by atoms with Crippen LogP contribution in [0, 0.1) is 0 Å². The van der Waals surface area contributed by atoms with Crippen LogP contribution in [0.5, 0.6) is 5.75 Å². The Morgan fingerprint density at radius 2 is 2.44 bits per heavy atom. The molecule has 1 unspecified atom stereocenters. The van der Waals surface area contributed by atoms with Gasteiger partial charge in [0.2, 0.25) is 5.91 Å². The molecule has 1 atom stereocenters. The van der Waals surface area contributed by atoms with Gasteiger partial charge in [0, 0.05) is 18.4 Å². The zero-order valence-corrected chi connectivity index (χ0v) is 10.4. The molecule has 18 heavy (non-hydrogen) atoms. The van der Waals surface area contributed by atoms with Crippen LogP contribution < -0.4 is 15.8 Å². The van der Waals surface area contributed by atoms with E-state index in [0.717, 1.165) is 19.4 Å². The minimum Gasteiger partial charge on any atom is -0.494 e. The summed E-state index contributed by atoms with van der Waals surface area (Å²) in [5.74, 6) is 0.501. The number of carbonyl (C=O) groups is 1. The van der Waals surface area contributed by atoms with E-state index in [-0.39, 0.29) is 12.0 Å². The highest BCUT2D eigenvalue weighted by atomic mass is 16.5. The minimum atomic E-state index is -0.0648. The molecule has 1 aromatic carbocycles. The van der Waals surface area contributed by atoms with Crippen molar-refractivity contribution >= 4 is 17.3 Å². The smallest absolute Gasteiger partial charge is 0.227 e. The first kappa shape index (κ1) is 12.7. The van der Waals surface area contributed by atoms with Gasteiger partial charge in [0.15, 0.2) is 0 Å². The van der Waals surface area contributed by atoms with Crippen LogP contribution in [-0.4, -0.2) is 25.7 Å². The van der Waals surface area contributed by atoms with Gasteiger partial charge in [-0.05, 0) is 25.0 Å². The van der Waals surface area contributed by atoms with Gasteiger partial charge in [0.25, 0.3) is 0 Å². The van der Waals surface area contributed by atoms with Crippen molar-refractivity contribution in [2.45, 2.75) is 25.4 Å². The molecule has 1 saturated heterocycles. The van der Waals surface area contributed by atoms with Crippen LogP contribution in [0.15, 0.2) is 18.2 Å². The van der Waals surface area contributed by atoms with Crippen molar-refractivity contribution in [1.29, 1.82) is 0 Å². The van der Waals surface area contributed by atoms with Gasteiger partial charge in [-0.3, -0.25) is 4.79 Å². The number of benzene rings is 1. The highest BCUT2D eigenvalue weighted by Crippen LogP contribution is 2.27. The van der Waals surface area contributed by atoms with Crippen LogP contribution in [-0.2, 0) is 9.53 Å². The van der Waals surface area contributed by atoms with Crippen LogP contribution in [0.3, 0.4) is 0 Å². The largest absolute Gasteiger partial charge is 0.494 e. The fourth-order valence-corrected chi connectivity index (χ4v) is 2.02. The summed E-state index contributed by atoms with van der Waals surface area (Å²) < 4.78 is 10.6. The molecule has 0 bridgehead atoms. The van der Waals surface area contributed by atoms with E-state index in [1.54, 1.807) is 25.3 Å². The molecule has 0 saturated carbocycles. The highest BCUT2D eigenvalue weighted by Gasteiger charge is 2.19. The molecule has 0 aliphatic carbocycles. The van der Waals surface area contributed by atoms with Gasteiger partial charge in [-0.2, -0.15) is 0 Å². The van der Waals surface area contributed by atoms with E-state index >= 15 is 0 Å². The molecule has 1 heterocycles. The predicted octanol–water partition coefficient (Wildman–Crippen LogP) is 1.79. The van der Waals surface area contributed by atoms with Crippen molar-refractivity contribution in [2.24, 2.45) is 0 Å². The molecular formula is C13H18N2O3. The molecule has 5 nitrogen and oxygen atoms in total. The zero-order valence-electron chi connectivity index (χ0n) is 10.4. The van der Waals surface area contributed by atoms with Crippen molar-refractivity contribution in [3.05, 3.63) is 18.2 Å². The Morgan fingerprint density at radius 3 is 3.11 bits per heavy atom. The first-order valence-electron chi connectivity index (χ1n) is 6.04. The summed E-state index contributed by atoms with van der Waals surface area (Å²) in [4.78, 5) is 11.8. The lowest BCUT2D eigenvalue weighted by atomic mass is 10.1. The summed E-state index contributed by atoms with van der Waals surface area (Å²) in [6.07, 6.45) is 2.41. The maximum absolute atomic E-state index is 11.8. The molecule has 1 aromatic rings. The third-order valence-electron chi connectivity index (χ3n) is 2.94. The molecular weight excluding hydrogens is 232 g/mol.